The average Bonchev–Trinajstić information content (AvgIpc) is 2.43. The predicted octanol–water partition coefficient (Wildman–Crippen LogP) is 2.83. The van der Waals surface area contributed by atoms with Crippen molar-refractivity contribution in [2.45, 2.75) is 45.6 Å². The molecule has 20 heavy (non-hydrogen) atoms. The maximum Gasteiger partial charge on any atom is 0.306 e. The van der Waals surface area contributed by atoms with E-state index in [9.17, 15) is 9.59 Å². The van der Waals surface area contributed by atoms with Crippen LogP contribution in [0, 0.1) is 5.92 Å². The van der Waals surface area contributed by atoms with Crippen molar-refractivity contribution in [3.05, 3.63) is 23.8 Å². The molecule has 1 unspecified atom stereocenters. The zero-order chi connectivity index (χ0) is 15.0. The number of hydrogen-bond acceptors (Lipinski definition) is 4. The van der Waals surface area contributed by atoms with Gasteiger partial charge in [-0.25, -0.2) is 0 Å². The summed E-state index contributed by atoms with van der Waals surface area (Å²) in [6.45, 7) is 3.95. The SMILES string of the molecule is COC1/C=C/CCCCC(=O)OC/C(C)=C\[C@@H](C)C1=O. The summed E-state index contributed by atoms with van der Waals surface area (Å²) in [5, 5.41) is 0. The third-order valence-corrected chi connectivity index (χ3v) is 3.29. The Labute approximate surface area is 120 Å². The fourth-order valence-corrected chi connectivity index (χ4v) is 2.12. The number of methoxy groups -OCH3 is 1. The molecule has 0 aromatic rings. The summed E-state index contributed by atoms with van der Waals surface area (Å²) >= 11 is 0. The quantitative estimate of drug-likeness (QED) is 0.547. The lowest BCUT2D eigenvalue weighted by molar-refractivity contribution is -0.142. The number of cyclic esters (lactones) is 1. The number of rotatable bonds is 1. The molecule has 1 aliphatic rings. The van der Waals surface area contributed by atoms with E-state index in [-0.39, 0.29) is 24.3 Å². The fraction of sp³-hybridized carbons (Fsp3) is 0.625. The van der Waals surface area contributed by atoms with Gasteiger partial charge >= 0.3 is 5.97 Å². The van der Waals surface area contributed by atoms with Gasteiger partial charge in [-0.1, -0.05) is 25.2 Å². The van der Waals surface area contributed by atoms with Crippen LogP contribution in [0.2, 0.25) is 0 Å². The van der Waals surface area contributed by atoms with Crippen molar-refractivity contribution in [3.8, 4) is 0 Å². The van der Waals surface area contributed by atoms with E-state index in [1.807, 2.05) is 32.1 Å². The van der Waals surface area contributed by atoms with Crippen LogP contribution in [-0.4, -0.2) is 31.6 Å². The molecule has 1 rings (SSSR count). The Kier molecular flexibility index (Phi) is 7.23. The summed E-state index contributed by atoms with van der Waals surface area (Å²) < 4.78 is 10.4. The van der Waals surface area contributed by atoms with Gasteiger partial charge in [-0.3, -0.25) is 9.59 Å². The van der Waals surface area contributed by atoms with Crippen LogP contribution in [0.1, 0.15) is 39.5 Å². The second-order valence-corrected chi connectivity index (χ2v) is 5.19. The minimum absolute atomic E-state index is 0.0199. The summed E-state index contributed by atoms with van der Waals surface area (Å²) in [5.74, 6) is -0.412. The molecule has 0 saturated carbocycles. The number of hydrogen-bond donors (Lipinski definition) is 0. The maximum atomic E-state index is 12.2. The largest absolute Gasteiger partial charge is 0.461 e. The van der Waals surface area contributed by atoms with Crippen LogP contribution in [0.4, 0.5) is 0 Å². The molecule has 112 valence electrons. The molecule has 4 nitrogen and oxygen atoms in total. The highest BCUT2D eigenvalue weighted by atomic mass is 16.5. The van der Waals surface area contributed by atoms with Crippen molar-refractivity contribution >= 4 is 11.8 Å². The Morgan fingerprint density at radius 2 is 2.05 bits per heavy atom. The van der Waals surface area contributed by atoms with Gasteiger partial charge in [-0.2, -0.15) is 0 Å². The van der Waals surface area contributed by atoms with E-state index in [0.717, 1.165) is 24.8 Å². The molecule has 0 aromatic carbocycles. The first-order valence-electron chi connectivity index (χ1n) is 7.10. The minimum Gasteiger partial charge on any atom is -0.461 e. The van der Waals surface area contributed by atoms with Gasteiger partial charge in [0.25, 0.3) is 0 Å². The predicted molar refractivity (Wildman–Crippen MR) is 77.3 cm³/mol. The van der Waals surface area contributed by atoms with Gasteiger partial charge in [0, 0.05) is 19.4 Å². The molecule has 1 aliphatic heterocycles. The molecule has 0 spiro atoms. The number of carbonyl (C=O) groups is 2. The highest BCUT2D eigenvalue weighted by molar-refractivity contribution is 5.88. The number of ketones is 1. The first kappa shape index (κ1) is 16.6. The normalized spacial score (nSPS) is 30.9. The Balaban J connectivity index is 2.81. The number of Topliss-reactive ketones (excluding diaryl/α,β-unsaturated/α-hetero) is 1. The van der Waals surface area contributed by atoms with Gasteiger partial charge in [-0.05, 0) is 31.8 Å². The van der Waals surface area contributed by atoms with Crippen LogP contribution in [0.15, 0.2) is 23.8 Å². The van der Waals surface area contributed by atoms with E-state index < -0.39 is 6.10 Å². The summed E-state index contributed by atoms with van der Waals surface area (Å²) in [6, 6.07) is 0. The van der Waals surface area contributed by atoms with Crippen molar-refractivity contribution < 1.29 is 19.1 Å². The van der Waals surface area contributed by atoms with Gasteiger partial charge in [-0.15, -0.1) is 0 Å². The lowest BCUT2D eigenvalue weighted by Crippen LogP contribution is -2.26. The standard InChI is InChI=1S/C16H24O4/c1-12-10-13(2)16(18)14(19-3)8-6-4-5-7-9-15(17)20-11-12/h6,8,10,13-14H,4-5,7,9,11H2,1-3H3/b8-6+,12-10-/t13-,14?/m1/s1. The van der Waals surface area contributed by atoms with E-state index in [4.69, 9.17) is 9.47 Å². The van der Waals surface area contributed by atoms with Crippen LogP contribution in [0.3, 0.4) is 0 Å². The summed E-state index contributed by atoms with van der Waals surface area (Å²) in [6.07, 6.45) is 8.08. The van der Waals surface area contributed by atoms with Crippen LogP contribution in [-0.2, 0) is 19.1 Å². The van der Waals surface area contributed by atoms with E-state index in [1.54, 1.807) is 7.11 Å². The molecule has 0 radical (unpaired) electrons. The molecule has 0 N–H and O–H groups in total. The lowest BCUT2D eigenvalue weighted by atomic mass is 9.98. The third kappa shape index (κ3) is 5.70. The Morgan fingerprint density at radius 1 is 1.30 bits per heavy atom. The second kappa shape index (κ2) is 8.69. The van der Waals surface area contributed by atoms with E-state index in [1.165, 1.54) is 0 Å². The van der Waals surface area contributed by atoms with E-state index in [0.29, 0.717) is 6.42 Å². The molecule has 0 amide bonds. The molecule has 0 saturated heterocycles. The van der Waals surface area contributed by atoms with Gasteiger partial charge in [0.1, 0.15) is 12.7 Å². The molecule has 0 bridgehead atoms. The van der Waals surface area contributed by atoms with Crippen LogP contribution >= 0.6 is 0 Å². The molecule has 0 aliphatic carbocycles. The smallest absolute Gasteiger partial charge is 0.306 e. The van der Waals surface area contributed by atoms with Crippen molar-refractivity contribution in [1.29, 1.82) is 0 Å². The average molecular weight is 280 g/mol. The summed E-state index contributed by atoms with van der Waals surface area (Å²) in [4.78, 5) is 23.7. The van der Waals surface area contributed by atoms with Gasteiger partial charge in [0.05, 0.1) is 0 Å². The van der Waals surface area contributed by atoms with Crippen molar-refractivity contribution in [2.24, 2.45) is 5.92 Å². The lowest BCUT2D eigenvalue weighted by Gasteiger charge is -2.15. The first-order chi connectivity index (χ1) is 9.54. The van der Waals surface area contributed by atoms with Gasteiger partial charge in [0.2, 0.25) is 0 Å². The highest BCUT2D eigenvalue weighted by Crippen LogP contribution is 2.12. The molecule has 1 heterocycles. The van der Waals surface area contributed by atoms with E-state index in [2.05, 4.69) is 0 Å². The monoisotopic (exact) mass is 280 g/mol. The van der Waals surface area contributed by atoms with Crippen molar-refractivity contribution in [1.82, 2.24) is 0 Å². The molecule has 0 fully saturated rings. The van der Waals surface area contributed by atoms with Gasteiger partial charge in [0.15, 0.2) is 5.78 Å². The van der Waals surface area contributed by atoms with E-state index >= 15 is 0 Å². The summed E-state index contributed by atoms with van der Waals surface area (Å²) in [7, 11) is 1.54. The molecular weight excluding hydrogens is 256 g/mol. The van der Waals surface area contributed by atoms with Crippen molar-refractivity contribution in [2.75, 3.05) is 13.7 Å². The van der Waals surface area contributed by atoms with Crippen LogP contribution < -0.4 is 0 Å². The second-order valence-electron chi connectivity index (χ2n) is 5.19. The Morgan fingerprint density at radius 3 is 2.75 bits per heavy atom. The third-order valence-electron chi connectivity index (χ3n) is 3.29. The first-order valence-corrected chi connectivity index (χ1v) is 7.10. The molecule has 2 atom stereocenters. The summed E-state index contributed by atoms with van der Waals surface area (Å²) in [5.41, 5.74) is 0.884. The highest BCUT2D eigenvalue weighted by Gasteiger charge is 2.20. The minimum atomic E-state index is -0.500. The van der Waals surface area contributed by atoms with Crippen LogP contribution in [0.25, 0.3) is 0 Å². The Bertz CT molecular complexity index is 395. The molecular formula is C16H24O4. The number of esters is 1. The molecule has 4 heteroatoms. The number of allylic oxidation sites excluding steroid dienone is 2. The number of ether oxygens (including phenoxy) is 2. The zero-order valence-electron chi connectivity index (χ0n) is 12.6. The Hall–Kier alpha value is -1.42. The topological polar surface area (TPSA) is 52.6 Å². The number of carbonyl (C=O) groups excluding carboxylic acids is 2. The van der Waals surface area contributed by atoms with Crippen LogP contribution in [0.5, 0.6) is 0 Å². The van der Waals surface area contributed by atoms with Crippen molar-refractivity contribution in [3.63, 3.8) is 0 Å². The maximum absolute atomic E-state index is 12.2. The molecule has 0 aromatic heterocycles. The fourth-order valence-electron chi connectivity index (χ4n) is 2.12. The van der Waals surface area contributed by atoms with Gasteiger partial charge < -0.3 is 9.47 Å². The zero-order valence-corrected chi connectivity index (χ0v) is 12.6.